The molecule has 0 aromatic heterocycles. The van der Waals surface area contributed by atoms with Crippen molar-refractivity contribution in [3.63, 3.8) is 0 Å². The van der Waals surface area contributed by atoms with Crippen LogP contribution in [0.15, 0.2) is 4.99 Å². The topological polar surface area (TPSA) is 33.6 Å². The fourth-order valence-electron chi connectivity index (χ4n) is 1.15. The molecule has 0 fully saturated rings. The summed E-state index contributed by atoms with van der Waals surface area (Å²) in [5.74, 6) is 0.978. The molecule has 0 atom stereocenters. The third kappa shape index (κ3) is 1.93. The van der Waals surface area contributed by atoms with Crippen molar-refractivity contribution >= 4 is 5.84 Å². The average Bonchev–Trinajstić information content (AvgIpc) is 1.94. The van der Waals surface area contributed by atoms with Gasteiger partial charge in [-0.05, 0) is 20.8 Å². The van der Waals surface area contributed by atoms with E-state index < -0.39 is 0 Å². The Hall–Kier alpha value is -0.570. The second kappa shape index (κ2) is 3.22. The summed E-state index contributed by atoms with van der Waals surface area (Å²) >= 11 is 0. The lowest BCUT2D eigenvalue weighted by Gasteiger charge is -2.30. The monoisotopic (exact) mass is 156 g/mol. The van der Waals surface area contributed by atoms with Gasteiger partial charge in [-0.25, -0.2) is 0 Å². The molecule has 3 nitrogen and oxygen atoms in total. The SMILES string of the molecule is CCNC1=NCCOC1(C)C. The van der Waals surface area contributed by atoms with Crippen LogP contribution in [0.2, 0.25) is 0 Å². The average molecular weight is 156 g/mol. The van der Waals surface area contributed by atoms with Crippen molar-refractivity contribution in [3.05, 3.63) is 0 Å². The Balaban J connectivity index is 2.64. The number of likely N-dealkylation sites (N-methyl/N-ethyl adjacent to an activating group) is 1. The maximum absolute atomic E-state index is 5.54. The van der Waals surface area contributed by atoms with Crippen LogP contribution in [0, 0.1) is 0 Å². The van der Waals surface area contributed by atoms with E-state index in [0.29, 0.717) is 0 Å². The zero-order valence-corrected chi connectivity index (χ0v) is 7.48. The number of hydrogen-bond acceptors (Lipinski definition) is 3. The molecule has 0 amide bonds. The van der Waals surface area contributed by atoms with Crippen molar-refractivity contribution in [1.29, 1.82) is 0 Å². The van der Waals surface area contributed by atoms with Gasteiger partial charge in [-0.2, -0.15) is 0 Å². The minimum Gasteiger partial charge on any atom is -0.372 e. The molecule has 0 bridgehead atoms. The highest BCUT2D eigenvalue weighted by Gasteiger charge is 2.27. The Kier molecular flexibility index (Phi) is 2.49. The van der Waals surface area contributed by atoms with Crippen molar-refractivity contribution in [2.75, 3.05) is 19.7 Å². The Labute approximate surface area is 67.8 Å². The minimum absolute atomic E-state index is 0.214. The van der Waals surface area contributed by atoms with E-state index >= 15 is 0 Å². The normalized spacial score (nSPS) is 22.6. The van der Waals surface area contributed by atoms with Crippen molar-refractivity contribution in [3.8, 4) is 0 Å². The highest BCUT2D eigenvalue weighted by atomic mass is 16.5. The quantitative estimate of drug-likeness (QED) is 0.609. The second-order valence-corrected chi connectivity index (χ2v) is 3.12. The molecule has 1 N–H and O–H groups in total. The first kappa shape index (κ1) is 8.53. The van der Waals surface area contributed by atoms with Gasteiger partial charge in [0, 0.05) is 6.54 Å². The Bertz CT molecular complexity index is 163. The van der Waals surface area contributed by atoms with Gasteiger partial charge >= 0.3 is 0 Å². The second-order valence-electron chi connectivity index (χ2n) is 3.12. The number of hydrogen-bond donors (Lipinski definition) is 1. The van der Waals surface area contributed by atoms with E-state index in [9.17, 15) is 0 Å². The molecule has 1 aliphatic heterocycles. The molecule has 0 saturated carbocycles. The van der Waals surface area contributed by atoms with Gasteiger partial charge in [-0.3, -0.25) is 4.99 Å². The molecule has 64 valence electrons. The molecule has 1 rings (SSSR count). The zero-order chi connectivity index (χ0) is 8.32. The number of ether oxygens (including phenoxy) is 1. The summed E-state index contributed by atoms with van der Waals surface area (Å²) in [5.41, 5.74) is -0.214. The Morgan fingerprint density at radius 2 is 2.36 bits per heavy atom. The minimum atomic E-state index is -0.214. The summed E-state index contributed by atoms with van der Waals surface area (Å²) in [6.07, 6.45) is 0. The van der Waals surface area contributed by atoms with Crippen LogP contribution in [0.1, 0.15) is 20.8 Å². The van der Waals surface area contributed by atoms with E-state index in [1.54, 1.807) is 0 Å². The van der Waals surface area contributed by atoms with Crippen LogP contribution in [0.25, 0.3) is 0 Å². The van der Waals surface area contributed by atoms with Gasteiger partial charge in [0.15, 0.2) is 0 Å². The van der Waals surface area contributed by atoms with Crippen molar-refractivity contribution in [2.45, 2.75) is 26.4 Å². The van der Waals surface area contributed by atoms with E-state index in [2.05, 4.69) is 17.2 Å². The van der Waals surface area contributed by atoms with Crippen LogP contribution < -0.4 is 5.32 Å². The first-order chi connectivity index (χ1) is 5.17. The number of rotatable bonds is 1. The lowest BCUT2D eigenvalue weighted by atomic mass is 10.1. The summed E-state index contributed by atoms with van der Waals surface area (Å²) in [5, 5.41) is 3.20. The molecule has 11 heavy (non-hydrogen) atoms. The molecule has 0 aromatic rings. The maximum Gasteiger partial charge on any atom is 0.128 e. The standard InChI is InChI=1S/C8H16N2O/c1-4-9-7-8(2,3)11-6-5-10-7/h4-6H2,1-3H3,(H,9,10). The fraction of sp³-hybridized carbons (Fsp3) is 0.875. The van der Waals surface area contributed by atoms with Gasteiger partial charge in [0.25, 0.3) is 0 Å². The smallest absolute Gasteiger partial charge is 0.128 e. The summed E-state index contributed by atoms with van der Waals surface area (Å²) in [6, 6.07) is 0. The molecule has 1 aliphatic rings. The number of amidine groups is 1. The molecular weight excluding hydrogens is 140 g/mol. The molecule has 0 aromatic carbocycles. The molecule has 0 saturated heterocycles. The van der Waals surface area contributed by atoms with Crippen molar-refractivity contribution < 1.29 is 4.74 Å². The molecular formula is C8H16N2O. The van der Waals surface area contributed by atoms with E-state index in [-0.39, 0.29) is 5.60 Å². The highest BCUT2D eigenvalue weighted by Crippen LogP contribution is 2.13. The van der Waals surface area contributed by atoms with Gasteiger partial charge < -0.3 is 10.1 Å². The van der Waals surface area contributed by atoms with Crippen LogP contribution in [0.5, 0.6) is 0 Å². The third-order valence-corrected chi connectivity index (χ3v) is 1.74. The predicted molar refractivity (Wildman–Crippen MR) is 46.0 cm³/mol. The lowest BCUT2D eigenvalue weighted by Crippen LogP contribution is -2.47. The first-order valence-electron chi connectivity index (χ1n) is 4.09. The highest BCUT2D eigenvalue weighted by molar-refractivity contribution is 5.90. The Morgan fingerprint density at radius 3 is 2.91 bits per heavy atom. The number of aliphatic imine (C=N–C) groups is 1. The molecule has 3 heteroatoms. The third-order valence-electron chi connectivity index (χ3n) is 1.74. The first-order valence-corrected chi connectivity index (χ1v) is 4.09. The zero-order valence-electron chi connectivity index (χ0n) is 7.48. The molecule has 0 unspecified atom stereocenters. The van der Waals surface area contributed by atoms with E-state index in [1.165, 1.54) is 0 Å². The molecule has 1 heterocycles. The lowest BCUT2D eigenvalue weighted by molar-refractivity contribution is 0.0283. The van der Waals surface area contributed by atoms with Gasteiger partial charge in [0.05, 0.1) is 13.2 Å². The fourth-order valence-corrected chi connectivity index (χ4v) is 1.15. The largest absolute Gasteiger partial charge is 0.372 e. The van der Waals surface area contributed by atoms with Crippen LogP contribution in [-0.4, -0.2) is 31.1 Å². The molecule has 0 radical (unpaired) electrons. The van der Waals surface area contributed by atoms with Gasteiger partial charge in [0.2, 0.25) is 0 Å². The molecule has 0 spiro atoms. The summed E-state index contributed by atoms with van der Waals surface area (Å²) in [4.78, 5) is 4.35. The predicted octanol–water partition coefficient (Wildman–Crippen LogP) is 0.803. The van der Waals surface area contributed by atoms with E-state index in [0.717, 1.165) is 25.5 Å². The van der Waals surface area contributed by atoms with Gasteiger partial charge in [0.1, 0.15) is 11.4 Å². The van der Waals surface area contributed by atoms with Gasteiger partial charge in [-0.15, -0.1) is 0 Å². The number of nitrogens with one attached hydrogen (secondary N) is 1. The Morgan fingerprint density at radius 1 is 1.64 bits per heavy atom. The summed E-state index contributed by atoms with van der Waals surface area (Å²) in [7, 11) is 0. The van der Waals surface area contributed by atoms with Crippen molar-refractivity contribution in [1.82, 2.24) is 5.32 Å². The molecule has 0 aliphatic carbocycles. The summed E-state index contributed by atoms with van der Waals surface area (Å²) in [6.45, 7) is 8.56. The van der Waals surface area contributed by atoms with E-state index in [4.69, 9.17) is 4.74 Å². The van der Waals surface area contributed by atoms with Crippen LogP contribution in [0.4, 0.5) is 0 Å². The van der Waals surface area contributed by atoms with Crippen molar-refractivity contribution in [2.24, 2.45) is 4.99 Å². The van der Waals surface area contributed by atoms with Gasteiger partial charge in [-0.1, -0.05) is 0 Å². The summed E-state index contributed by atoms with van der Waals surface area (Å²) < 4.78 is 5.54. The van der Waals surface area contributed by atoms with Crippen LogP contribution >= 0.6 is 0 Å². The van der Waals surface area contributed by atoms with Crippen LogP contribution in [0.3, 0.4) is 0 Å². The number of nitrogens with zero attached hydrogens (tertiary/aromatic N) is 1. The maximum atomic E-state index is 5.54. The van der Waals surface area contributed by atoms with Crippen LogP contribution in [-0.2, 0) is 4.74 Å². The van der Waals surface area contributed by atoms with E-state index in [1.807, 2.05) is 13.8 Å².